The molecule has 1 aromatic carbocycles. The lowest BCUT2D eigenvalue weighted by Gasteiger charge is -2.20. The van der Waals surface area contributed by atoms with Crippen molar-refractivity contribution in [3.63, 3.8) is 0 Å². The van der Waals surface area contributed by atoms with Crippen molar-refractivity contribution in [1.82, 2.24) is 9.97 Å². The molecule has 4 rings (SSSR count). The Hall–Kier alpha value is -3.11. The number of aryl methyl sites for hydroxylation is 2. The molecule has 1 aliphatic carbocycles. The molecule has 28 heavy (non-hydrogen) atoms. The molecule has 1 N–H and O–H groups in total. The number of halogens is 1. The number of carbonyl (C=O) groups is 1. The molecule has 3 aromatic rings. The summed E-state index contributed by atoms with van der Waals surface area (Å²) in [5, 5.41) is 13.7. The number of aromatic nitrogens is 2. The van der Waals surface area contributed by atoms with Crippen LogP contribution in [0.5, 0.6) is 0 Å². The van der Waals surface area contributed by atoms with Gasteiger partial charge in [-0.3, -0.25) is 4.79 Å². The van der Waals surface area contributed by atoms with Gasteiger partial charge in [0.15, 0.2) is 5.82 Å². The zero-order chi connectivity index (χ0) is 19.7. The van der Waals surface area contributed by atoms with E-state index in [9.17, 15) is 9.18 Å². The molecule has 0 fully saturated rings. The summed E-state index contributed by atoms with van der Waals surface area (Å²) in [6.07, 6.45) is 1.40. The lowest BCUT2D eigenvalue weighted by Crippen LogP contribution is -2.18. The summed E-state index contributed by atoms with van der Waals surface area (Å²) in [5.74, 6) is -0.497. The standard InChI is InChI=1S/C21H17FN4OS/c1-12(11-23)9-18(27)25-21-20(17-3-2-8-28-17)26-19-15-6-5-14(22)10-13(15)4-7-16(19)24-21/h2-3,5-6,8,10,12H,4,7,9H2,1H3,(H,24,25,27). The Labute approximate surface area is 165 Å². The Morgan fingerprint density at radius 1 is 1.32 bits per heavy atom. The first kappa shape index (κ1) is 18.3. The van der Waals surface area contributed by atoms with E-state index in [-0.39, 0.29) is 24.1 Å². The molecule has 0 radical (unpaired) electrons. The third-order valence-electron chi connectivity index (χ3n) is 4.65. The molecule has 7 heteroatoms. The van der Waals surface area contributed by atoms with Crippen molar-refractivity contribution in [3.8, 4) is 27.9 Å². The molecule has 0 spiro atoms. The molecular formula is C21H17FN4OS. The number of carbonyl (C=O) groups excluding carboxylic acids is 1. The topological polar surface area (TPSA) is 78.7 Å². The van der Waals surface area contributed by atoms with Crippen molar-refractivity contribution in [2.24, 2.45) is 5.92 Å². The molecular weight excluding hydrogens is 375 g/mol. The summed E-state index contributed by atoms with van der Waals surface area (Å²) in [6, 6.07) is 10.6. The number of nitrogens with zero attached hydrogens (tertiary/aromatic N) is 3. The molecule has 1 unspecified atom stereocenters. The number of anilines is 1. The molecule has 0 saturated carbocycles. The fourth-order valence-electron chi connectivity index (χ4n) is 3.29. The highest BCUT2D eigenvalue weighted by Gasteiger charge is 2.24. The molecule has 1 aliphatic rings. The first-order chi connectivity index (χ1) is 13.5. The Morgan fingerprint density at radius 2 is 2.18 bits per heavy atom. The van der Waals surface area contributed by atoms with Crippen molar-refractivity contribution in [2.75, 3.05) is 5.32 Å². The van der Waals surface area contributed by atoms with Crippen LogP contribution in [0, 0.1) is 23.1 Å². The number of benzene rings is 1. The molecule has 1 atom stereocenters. The number of hydrogen-bond donors (Lipinski definition) is 1. The van der Waals surface area contributed by atoms with E-state index in [4.69, 9.17) is 15.2 Å². The predicted octanol–water partition coefficient (Wildman–Crippen LogP) is 4.60. The van der Waals surface area contributed by atoms with Crippen molar-refractivity contribution < 1.29 is 9.18 Å². The summed E-state index contributed by atoms with van der Waals surface area (Å²) < 4.78 is 13.6. The van der Waals surface area contributed by atoms with Crippen molar-refractivity contribution in [3.05, 3.63) is 52.8 Å². The lowest BCUT2D eigenvalue weighted by atomic mass is 9.91. The quantitative estimate of drug-likeness (QED) is 0.704. The molecule has 2 aromatic heterocycles. The largest absolute Gasteiger partial charge is 0.309 e. The second-order valence-electron chi connectivity index (χ2n) is 6.78. The SMILES string of the molecule is CC(C#N)CC(=O)Nc1nc2c(nc1-c1cccs1)-c1ccc(F)cc1CC2. The van der Waals surface area contributed by atoms with E-state index in [0.29, 0.717) is 24.4 Å². The van der Waals surface area contributed by atoms with Crippen LogP contribution in [0.15, 0.2) is 35.7 Å². The van der Waals surface area contributed by atoms with E-state index >= 15 is 0 Å². The number of thiophene rings is 1. The van der Waals surface area contributed by atoms with Crippen LogP contribution in [0.1, 0.15) is 24.6 Å². The zero-order valence-corrected chi connectivity index (χ0v) is 16.0. The van der Waals surface area contributed by atoms with Gasteiger partial charge in [0.2, 0.25) is 5.91 Å². The number of nitrogens with one attached hydrogen (secondary N) is 1. The van der Waals surface area contributed by atoms with Gasteiger partial charge in [-0.15, -0.1) is 11.3 Å². The zero-order valence-electron chi connectivity index (χ0n) is 15.2. The number of rotatable bonds is 4. The fraction of sp³-hybridized carbons (Fsp3) is 0.238. The Kier molecular flexibility index (Phi) is 4.88. The lowest BCUT2D eigenvalue weighted by molar-refractivity contribution is -0.116. The van der Waals surface area contributed by atoms with E-state index in [1.54, 1.807) is 19.1 Å². The van der Waals surface area contributed by atoms with Crippen LogP contribution in [0.3, 0.4) is 0 Å². The smallest absolute Gasteiger partial charge is 0.226 e. The molecule has 140 valence electrons. The maximum atomic E-state index is 13.6. The Bertz CT molecular complexity index is 1090. The molecule has 0 aliphatic heterocycles. The third kappa shape index (κ3) is 3.51. The van der Waals surface area contributed by atoms with E-state index < -0.39 is 0 Å². The Morgan fingerprint density at radius 3 is 2.93 bits per heavy atom. The molecule has 0 saturated heterocycles. The minimum atomic E-state index is -0.377. The maximum Gasteiger partial charge on any atom is 0.226 e. The first-order valence-corrected chi connectivity index (χ1v) is 9.86. The summed E-state index contributed by atoms with van der Waals surface area (Å²) in [6.45, 7) is 1.70. The van der Waals surface area contributed by atoms with Gasteiger partial charge < -0.3 is 5.32 Å². The van der Waals surface area contributed by atoms with Gasteiger partial charge in [-0.05, 0) is 55.0 Å². The first-order valence-electron chi connectivity index (χ1n) is 8.98. The average molecular weight is 392 g/mol. The normalized spacial score (nSPS) is 13.2. The van der Waals surface area contributed by atoms with Gasteiger partial charge in [-0.1, -0.05) is 6.07 Å². The van der Waals surface area contributed by atoms with Crippen LogP contribution in [-0.4, -0.2) is 15.9 Å². The number of amides is 1. The molecule has 0 bridgehead atoms. The van der Waals surface area contributed by atoms with Crippen LogP contribution in [0.25, 0.3) is 21.8 Å². The van der Waals surface area contributed by atoms with Crippen LogP contribution in [0.2, 0.25) is 0 Å². The highest BCUT2D eigenvalue weighted by atomic mass is 32.1. The summed E-state index contributed by atoms with van der Waals surface area (Å²) in [4.78, 5) is 22.7. The van der Waals surface area contributed by atoms with E-state index in [0.717, 1.165) is 27.4 Å². The molecule has 2 heterocycles. The number of fused-ring (bicyclic) bond motifs is 3. The summed E-state index contributed by atoms with van der Waals surface area (Å²) in [7, 11) is 0. The minimum Gasteiger partial charge on any atom is -0.309 e. The second-order valence-corrected chi connectivity index (χ2v) is 7.73. The van der Waals surface area contributed by atoms with Crippen molar-refractivity contribution in [1.29, 1.82) is 5.26 Å². The van der Waals surface area contributed by atoms with Gasteiger partial charge in [-0.25, -0.2) is 14.4 Å². The highest BCUT2D eigenvalue weighted by Crippen LogP contribution is 2.37. The predicted molar refractivity (Wildman–Crippen MR) is 106 cm³/mol. The van der Waals surface area contributed by atoms with Gasteiger partial charge in [-0.2, -0.15) is 5.26 Å². The minimum absolute atomic E-state index is 0.0985. The van der Waals surface area contributed by atoms with Crippen LogP contribution < -0.4 is 5.32 Å². The van der Waals surface area contributed by atoms with Crippen LogP contribution in [-0.2, 0) is 17.6 Å². The van der Waals surface area contributed by atoms with Gasteiger partial charge in [0.1, 0.15) is 11.5 Å². The van der Waals surface area contributed by atoms with Gasteiger partial charge in [0, 0.05) is 12.0 Å². The summed E-state index contributed by atoms with van der Waals surface area (Å²) in [5.41, 5.74) is 3.89. The van der Waals surface area contributed by atoms with E-state index in [1.807, 2.05) is 17.5 Å². The molecule has 1 amide bonds. The van der Waals surface area contributed by atoms with E-state index in [1.165, 1.54) is 17.4 Å². The highest BCUT2D eigenvalue weighted by molar-refractivity contribution is 7.13. The summed E-state index contributed by atoms with van der Waals surface area (Å²) >= 11 is 1.50. The Balaban J connectivity index is 1.79. The fourth-order valence-corrected chi connectivity index (χ4v) is 4.01. The van der Waals surface area contributed by atoms with E-state index in [2.05, 4.69) is 11.4 Å². The van der Waals surface area contributed by atoms with Crippen molar-refractivity contribution >= 4 is 23.1 Å². The van der Waals surface area contributed by atoms with Gasteiger partial charge in [0.25, 0.3) is 0 Å². The number of nitriles is 1. The second kappa shape index (κ2) is 7.49. The third-order valence-corrected chi connectivity index (χ3v) is 5.52. The van der Waals surface area contributed by atoms with Crippen molar-refractivity contribution in [2.45, 2.75) is 26.2 Å². The van der Waals surface area contributed by atoms with Crippen LogP contribution in [0.4, 0.5) is 10.2 Å². The average Bonchev–Trinajstić information content (AvgIpc) is 3.21. The number of hydrogen-bond acceptors (Lipinski definition) is 5. The monoisotopic (exact) mass is 392 g/mol. The molecule has 5 nitrogen and oxygen atoms in total. The van der Waals surface area contributed by atoms with Crippen LogP contribution >= 0.6 is 11.3 Å². The van der Waals surface area contributed by atoms with Gasteiger partial charge in [0.05, 0.1) is 28.3 Å². The van der Waals surface area contributed by atoms with Gasteiger partial charge >= 0.3 is 0 Å². The maximum absolute atomic E-state index is 13.6.